The molecule has 1 N–H and O–H groups in total. The summed E-state index contributed by atoms with van der Waals surface area (Å²) in [5.74, 6) is 1.72. The predicted molar refractivity (Wildman–Crippen MR) is 123 cm³/mol. The molecule has 5 rings (SSSR count). The molecule has 1 aliphatic carbocycles. The molecule has 7 heteroatoms. The van der Waals surface area contributed by atoms with Crippen molar-refractivity contribution in [2.24, 2.45) is 0 Å². The van der Waals surface area contributed by atoms with E-state index in [1.807, 2.05) is 23.1 Å². The Morgan fingerprint density at radius 2 is 1.91 bits per heavy atom. The number of anilines is 1. The van der Waals surface area contributed by atoms with Gasteiger partial charge >= 0.3 is 0 Å². The number of rotatable bonds is 5. The zero-order chi connectivity index (χ0) is 22.0. The van der Waals surface area contributed by atoms with Gasteiger partial charge in [0, 0.05) is 48.6 Å². The number of hydrogen-bond donors (Lipinski definition) is 1. The van der Waals surface area contributed by atoms with Crippen molar-refractivity contribution in [2.75, 3.05) is 25.0 Å². The highest BCUT2D eigenvalue weighted by Gasteiger charge is 2.45. The molecule has 3 heterocycles. The van der Waals surface area contributed by atoms with Gasteiger partial charge in [-0.1, -0.05) is 37.3 Å². The summed E-state index contributed by atoms with van der Waals surface area (Å²) in [6, 6.07) is 10.2. The van der Waals surface area contributed by atoms with Gasteiger partial charge in [-0.15, -0.1) is 0 Å². The molecule has 3 aromatic rings. The quantitative estimate of drug-likeness (QED) is 0.664. The third-order valence-electron chi connectivity index (χ3n) is 6.73. The minimum absolute atomic E-state index is 0.00357. The molecule has 0 radical (unpaired) electrons. The average molecular weight is 429 g/mol. The van der Waals surface area contributed by atoms with Gasteiger partial charge in [0.2, 0.25) is 0 Å². The standard InChI is InChI=1S/C25H28N6O/c1-2-12-28-23-19-8-9-25(21(19)29-22(30-23)18-6-4-3-5-7-18)10-15-31(16-11-25)24(32)20-17-26-13-14-27-20/h3-7,13-14,17H,2,8-12,15-16H2,1H3,(H,28,29,30). The molecule has 2 aromatic heterocycles. The number of amides is 1. The lowest BCUT2D eigenvalue weighted by Crippen LogP contribution is -2.45. The number of carbonyl (C=O) groups is 1. The number of nitrogens with one attached hydrogen (secondary N) is 1. The fourth-order valence-electron chi connectivity index (χ4n) is 4.94. The van der Waals surface area contributed by atoms with Crippen LogP contribution in [0.3, 0.4) is 0 Å². The maximum absolute atomic E-state index is 12.8. The van der Waals surface area contributed by atoms with Gasteiger partial charge in [0.05, 0.1) is 11.9 Å². The number of benzene rings is 1. The summed E-state index contributed by atoms with van der Waals surface area (Å²) in [5.41, 5.74) is 3.88. The Bertz CT molecular complexity index is 1090. The zero-order valence-electron chi connectivity index (χ0n) is 18.4. The molecule has 1 amide bonds. The second-order valence-electron chi connectivity index (χ2n) is 8.68. The van der Waals surface area contributed by atoms with Gasteiger partial charge in [-0.2, -0.15) is 0 Å². The van der Waals surface area contributed by atoms with Gasteiger partial charge in [-0.05, 0) is 32.1 Å². The van der Waals surface area contributed by atoms with Gasteiger partial charge in [0.25, 0.3) is 5.91 Å². The Hall–Kier alpha value is -3.35. The molecule has 1 aromatic carbocycles. The van der Waals surface area contributed by atoms with E-state index in [0.717, 1.165) is 55.9 Å². The highest BCUT2D eigenvalue weighted by Crippen LogP contribution is 2.47. The van der Waals surface area contributed by atoms with E-state index in [2.05, 4.69) is 34.3 Å². The summed E-state index contributed by atoms with van der Waals surface area (Å²) in [5, 5.41) is 3.54. The van der Waals surface area contributed by atoms with Crippen LogP contribution in [0.2, 0.25) is 0 Å². The number of nitrogens with zero attached hydrogens (tertiary/aromatic N) is 5. The molecule has 1 aliphatic heterocycles. The first-order chi connectivity index (χ1) is 15.7. The predicted octanol–water partition coefficient (Wildman–Crippen LogP) is 3.88. The monoisotopic (exact) mass is 428 g/mol. The van der Waals surface area contributed by atoms with Crippen molar-refractivity contribution in [1.29, 1.82) is 0 Å². The van der Waals surface area contributed by atoms with Gasteiger partial charge < -0.3 is 10.2 Å². The van der Waals surface area contributed by atoms with Crippen LogP contribution >= 0.6 is 0 Å². The van der Waals surface area contributed by atoms with Crippen molar-refractivity contribution in [2.45, 2.75) is 44.4 Å². The Balaban J connectivity index is 1.44. The number of likely N-dealkylation sites (tertiary alicyclic amines) is 1. The van der Waals surface area contributed by atoms with Crippen LogP contribution in [0.4, 0.5) is 5.82 Å². The molecule has 0 saturated carbocycles. The summed E-state index contributed by atoms with van der Waals surface area (Å²) in [7, 11) is 0. The second-order valence-corrected chi connectivity index (χ2v) is 8.68. The van der Waals surface area contributed by atoms with Crippen LogP contribution in [0, 0.1) is 0 Å². The second kappa shape index (κ2) is 8.65. The largest absolute Gasteiger partial charge is 0.370 e. The number of hydrogen-bond acceptors (Lipinski definition) is 6. The summed E-state index contributed by atoms with van der Waals surface area (Å²) < 4.78 is 0. The first-order valence-electron chi connectivity index (χ1n) is 11.5. The van der Waals surface area contributed by atoms with Crippen LogP contribution in [-0.2, 0) is 11.8 Å². The smallest absolute Gasteiger partial charge is 0.274 e. The minimum Gasteiger partial charge on any atom is -0.370 e. The SMILES string of the molecule is CCCNc1nc(-c2ccccc2)nc2c1CCC21CCN(C(=O)c2cnccn2)CC1. The van der Waals surface area contributed by atoms with Crippen LogP contribution in [0.15, 0.2) is 48.9 Å². The molecule has 0 unspecified atom stereocenters. The molecule has 0 atom stereocenters. The fourth-order valence-corrected chi connectivity index (χ4v) is 4.94. The Morgan fingerprint density at radius 3 is 2.62 bits per heavy atom. The number of piperidine rings is 1. The lowest BCUT2D eigenvalue weighted by atomic mass is 9.76. The van der Waals surface area contributed by atoms with E-state index in [1.54, 1.807) is 18.6 Å². The zero-order valence-corrected chi connectivity index (χ0v) is 18.4. The van der Waals surface area contributed by atoms with Crippen LogP contribution in [0.1, 0.15) is 54.4 Å². The van der Waals surface area contributed by atoms with E-state index in [1.165, 1.54) is 11.3 Å². The topological polar surface area (TPSA) is 83.9 Å². The van der Waals surface area contributed by atoms with Crippen molar-refractivity contribution in [3.05, 3.63) is 65.9 Å². The van der Waals surface area contributed by atoms with Gasteiger partial charge in [-0.25, -0.2) is 15.0 Å². The molecule has 1 fully saturated rings. The maximum atomic E-state index is 12.8. The molecule has 7 nitrogen and oxygen atoms in total. The van der Waals surface area contributed by atoms with Gasteiger partial charge in [0.1, 0.15) is 11.5 Å². The number of aromatic nitrogens is 4. The average Bonchev–Trinajstić information content (AvgIpc) is 3.21. The highest BCUT2D eigenvalue weighted by molar-refractivity contribution is 5.92. The van der Waals surface area contributed by atoms with Gasteiger partial charge in [0.15, 0.2) is 5.82 Å². The van der Waals surface area contributed by atoms with Crippen LogP contribution < -0.4 is 5.32 Å². The lowest BCUT2D eigenvalue weighted by Gasteiger charge is -2.39. The maximum Gasteiger partial charge on any atom is 0.274 e. The van der Waals surface area contributed by atoms with Crippen molar-refractivity contribution >= 4 is 11.7 Å². The molecule has 1 saturated heterocycles. The molecule has 1 spiro atoms. The van der Waals surface area contributed by atoms with Crippen LogP contribution in [0.5, 0.6) is 0 Å². The number of fused-ring (bicyclic) bond motifs is 2. The van der Waals surface area contributed by atoms with E-state index in [4.69, 9.17) is 9.97 Å². The first-order valence-corrected chi connectivity index (χ1v) is 11.5. The summed E-state index contributed by atoms with van der Waals surface area (Å²) in [4.78, 5) is 33.0. The molecule has 164 valence electrons. The van der Waals surface area contributed by atoms with E-state index in [9.17, 15) is 4.79 Å². The Morgan fingerprint density at radius 1 is 1.09 bits per heavy atom. The van der Waals surface area contributed by atoms with E-state index in [-0.39, 0.29) is 11.3 Å². The van der Waals surface area contributed by atoms with Gasteiger partial charge in [-0.3, -0.25) is 9.78 Å². The molecular formula is C25H28N6O. The Kier molecular flexibility index (Phi) is 5.55. The highest BCUT2D eigenvalue weighted by atomic mass is 16.2. The van der Waals surface area contributed by atoms with Crippen LogP contribution in [0.25, 0.3) is 11.4 Å². The summed E-state index contributed by atoms with van der Waals surface area (Å²) >= 11 is 0. The van der Waals surface area contributed by atoms with E-state index >= 15 is 0 Å². The Labute approximate surface area is 188 Å². The third-order valence-corrected chi connectivity index (χ3v) is 6.73. The summed E-state index contributed by atoms with van der Waals surface area (Å²) in [6.07, 6.45) is 9.60. The molecule has 2 aliphatic rings. The third kappa shape index (κ3) is 3.72. The van der Waals surface area contributed by atoms with E-state index in [0.29, 0.717) is 18.8 Å². The normalized spacial score (nSPS) is 16.7. The minimum atomic E-state index is -0.0378. The van der Waals surface area contributed by atoms with Crippen LogP contribution in [-0.4, -0.2) is 50.4 Å². The van der Waals surface area contributed by atoms with Crippen molar-refractivity contribution in [3.63, 3.8) is 0 Å². The lowest BCUT2D eigenvalue weighted by molar-refractivity contribution is 0.0657. The number of carbonyl (C=O) groups excluding carboxylic acids is 1. The van der Waals surface area contributed by atoms with Crippen molar-refractivity contribution in [1.82, 2.24) is 24.8 Å². The summed E-state index contributed by atoms with van der Waals surface area (Å²) in [6.45, 7) is 4.47. The van der Waals surface area contributed by atoms with Crippen molar-refractivity contribution in [3.8, 4) is 11.4 Å². The molecule has 32 heavy (non-hydrogen) atoms. The van der Waals surface area contributed by atoms with E-state index < -0.39 is 0 Å². The first kappa shape index (κ1) is 20.5. The van der Waals surface area contributed by atoms with Crippen molar-refractivity contribution < 1.29 is 4.79 Å². The molecule has 0 bridgehead atoms. The fraction of sp³-hybridized carbons (Fsp3) is 0.400. The molecular weight excluding hydrogens is 400 g/mol.